The first-order chi connectivity index (χ1) is 9.20. The van der Waals surface area contributed by atoms with Crippen LogP contribution in [0.3, 0.4) is 0 Å². The Morgan fingerprint density at radius 1 is 1.26 bits per heavy atom. The lowest BCUT2D eigenvalue weighted by Gasteiger charge is -2.21. The highest BCUT2D eigenvalue weighted by Crippen LogP contribution is 2.23. The largest absolute Gasteiger partial charge is 0.295 e. The van der Waals surface area contributed by atoms with Gasteiger partial charge in [0.05, 0.1) is 6.07 Å². The molecule has 1 N–H and O–H groups in total. The van der Waals surface area contributed by atoms with Crippen LogP contribution in [0.25, 0.3) is 0 Å². The molecule has 0 amide bonds. The maximum Gasteiger partial charge on any atom is 0.123 e. The summed E-state index contributed by atoms with van der Waals surface area (Å²) in [6.07, 6.45) is 7.25. The molecule has 1 aromatic rings. The third-order valence-corrected chi connectivity index (χ3v) is 3.94. The Kier molecular flexibility index (Phi) is 4.93. The van der Waals surface area contributed by atoms with Gasteiger partial charge >= 0.3 is 0 Å². The fourth-order valence-electron chi connectivity index (χ4n) is 2.80. The maximum absolute atomic E-state index is 13.4. The molecule has 0 saturated heterocycles. The van der Waals surface area contributed by atoms with Gasteiger partial charge in [0.2, 0.25) is 0 Å². The van der Waals surface area contributed by atoms with Gasteiger partial charge in [0.15, 0.2) is 0 Å². The Labute approximate surface area is 114 Å². The van der Waals surface area contributed by atoms with Gasteiger partial charge in [-0.25, -0.2) is 4.39 Å². The molecule has 1 atom stereocenters. The molecule has 1 aromatic carbocycles. The van der Waals surface area contributed by atoms with Gasteiger partial charge < -0.3 is 0 Å². The monoisotopic (exact) mass is 260 g/mol. The number of benzene rings is 1. The van der Waals surface area contributed by atoms with Gasteiger partial charge in [-0.1, -0.05) is 31.7 Å². The molecule has 0 radical (unpaired) electrons. The number of hydrogen-bond donors (Lipinski definition) is 1. The van der Waals surface area contributed by atoms with Crippen molar-refractivity contribution in [1.29, 1.82) is 5.26 Å². The first-order valence-corrected chi connectivity index (χ1v) is 7.12. The summed E-state index contributed by atoms with van der Waals surface area (Å²) in [4.78, 5) is 0. The Morgan fingerprint density at radius 3 is 2.58 bits per heavy atom. The molecule has 2 nitrogen and oxygen atoms in total. The van der Waals surface area contributed by atoms with Crippen molar-refractivity contribution < 1.29 is 4.39 Å². The molecular weight excluding hydrogens is 239 g/mol. The van der Waals surface area contributed by atoms with E-state index in [4.69, 9.17) is 0 Å². The van der Waals surface area contributed by atoms with E-state index in [0.717, 1.165) is 24.0 Å². The van der Waals surface area contributed by atoms with Gasteiger partial charge in [-0.2, -0.15) is 5.26 Å². The van der Waals surface area contributed by atoms with E-state index in [1.54, 1.807) is 6.07 Å². The fraction of sp³-hybridized carbons (Fsp3) is 0.562. The van der Waals surface area contributed by atoms with Crippen molar-refractivity contribution in [3.8, 4) is 6.07 Å². The van der Waals surface area contributed by atoms with Crippen LogP contribution in [0.5, 0.6) is 0 Å². The summed E-state index contributed by atoms with van der Waals surface area (Å²) in [6.45, 7) is 1.92. The Morgan fingerprint density at radius 2 is 1.95 bits per heavy atom. The predicted octanol–water partition coefficient (Wildman–Crippen LogP) is 4.01. The summed E-state index contributed by atoms with van der Waals surface area (Å²) in [7, 11) is 0. The molecule has 3 heteroatoms. The van der Waals surface area contributed by atoms with E-state index >= 15 is 0 Å². The molecule has 1 fully saturated rings. The van der Waals surface area contributed by atoms with E-state index in [-0.39, 0.29) is 5.82 Å². The summed E-state index contributed by atoms with van der Waals surface area (Å²) in [5, 5.41) is 12.8. The highest BCUT2D eigenvalue weighted by Gasteiger charge is 2.19. The Bertz CT molecular complexity index is 456. The molecule has 0 heterocycles. The van der Waals surface area contributed by atoms with Crippen LogP contribution in [0.4, 0.5) is 4.39 Å². The number of nitrogens with one attached hydrogen (secondary N) is 1. The highest BCUT2D eigenvalue weighted by molar-refractivity contribution is 5.33. The summed E-state index contributed by atoms with van der Waals surface area (Å²) in [5.41, 5.74) is 1.74. The zero-order chi connectivity index (χ0) is 13.7. The molecule has 2 rings (SSSR count). The standard InChI is InChI=1S/C16H21FN2/c1-12-8-9-13(17)10-15(12)16(11-18)19-14-6-4-2-3-5-7-14/h8-10,14,16,19H,2-7H2,1H3. The first kappa shape index (κ1) is 14.0. The number of aryl methyl sites for hydroxylation is 1. The van der Waals surface area contributed by atoms with Gasteiger partial charge in [-0.05, 0) is 43.0 Å². The van der Waals surface area contributed by atoms with E-state index < -0.39 is 6.04 Å². The summed E-state index contributed by atoms with van der Waals surface area (Å²) in [6, 6.07) is 6.92. The molecule has 1 aliphatic rings. The van der Waals surface area contributed by atoms with E-state index in [1.807, 2.05) is 6.92 Å². The van der Waals surface area contributed by atoms with Crippen molar-refractivity contribution in [1.82, 2.24) is 5.32 Å². The van der Waals surface area contributed by atoms with E-state index in [1.165, 1.54) is 37.8 Å². The van der Waals surface area contributed by atoms with Crippen LogP contribution in [-0.2, 0) is 0 Å². The first-order valence-electron chi connectivity index (χ1n) is 7.12. The summed E-state index contributed by atoms with van der Waals surface area (Å²) < 4.78 is 13.4. The minimum atomic E-state index is -0.404. The number of hydrogen-bond acceptors (Lipinski definition) is 2. The third-order valence-electron chi connectivity index (χ3n) is 3.94. The van der Waals surface area contributed by atoms with Crippen LogP contribution in [0.15, 0.2) is 18.2 Å². The van der Waals surface area contributed by atoms with Gasteiger partial charge in [0, 0.05) is 6.04 Å². The number of rotatable bonds is 3. The topological polar surface area (TPSA) is 35.8 Å². The van der Waals surface area contributed by atoms with Gasteiger partial charge in [0.1, 0.15) is 11.9 Å². The molecule has 102 valence electrons. The van der Waals surface area contributed by atoms with Crippen LogP contribution in [0.2, 0.25) is 0 Å². The molecule has 1 aliphatic carbocycles. The zero-order valence-electron chi connectivity index (χ0n) is 11.5. The lowest BCUT2D eigenvalue weighted by Crippen LogP contribution is -2.32. The van der Waals surface area contributed by atoms with Crippen molar-refractivity contribution in [2.75, 3.05) is 0 Å². The number of halogens is 1. The lowest BCUT2D eigenvalue weighted by molar-refractivity contribution is 0.435. The minimum Gasteiger partial charge on any atom is -0.295 e. The predicted molar refractivity (Wildman–Crippen MR) is 74.1 cm³/mol. The van der Waals surface area contributed by atoms with Crippen LogP contribution in [0, 0.1) is 24.1 Å². The van der Waals surface area contributed by atoms with E-state index in [9.17, 15) is 9.65 Å². The second-order valence-corrected chi connectivity index (χ2v) is 5.42. The molecule has 0 aliphatic heterocycles. The van der Waals surface area contributed by atoms with Crippen molar-refractivity contribution in [3.63, 3.8) is 0 Å². The van der Waals surface area contributed by atoms with Crippen LogP contribution >= 0.6 is 0 Å². The third kappa shape index (κ3) is 3.78. The minimum absolute atomic E-state index is 0.275. The second kappa shape index (κ2) is 6.68. The van der Waals surface area contributed by atoms with Crippen LogP contribution in [0.1, 0.15) is 55.7 Å². The molecular formula is C16H21FN2. The average molecular weight is 260 g/mol. The van der Waals surface area contributed by atoms with Gasteiger partial charge in [-0.15, -0.1) is 0 Å². The molecule has 0 spiro atoms. The van der Waals surface area contributed by atoms with Crippen LogP contribution < -0.4 is 5.32 Å². The van der Waals surface area contributed by atoms with Crippen molar-refractivity contribution in [2.24, 2.45) is 0 Å². The molecule has 1 saturated carbocycles. The van der Waals surface area contributed by atoms with Crippen molar-refractivity contribution in [2.45, 2.75) is 57.5 Å². The Balaban J connectivity index is 2.11. The summed E-state index contributed by atoms with van der Waals surface area (Å²) in [5.74, 6) is -0.275. The lowest BCUT2D eigenvalue weighted by atomic mass is 9.99. The summed E-state index contributed by atoms with van der Waals surface area (Å²) >= 11 is 0. The van der Waals surface area contributed by atoms with E-state index in [0.29, 0.717) is 6.04 Å². The molecule has 0 aromatic heterocycles. The fourth-order valence-corrected chi connectivity index (χ4v) is 2.80. The van der Waals surface area contributed by atoms with E-state index in [2.05, 4.69) is 11.4 Å². The average Bonchev–Trinajstić information content (AvgIpc) is 2.67. The molecule has 0 bridgehead atoms. The van der Waals surface area contributed by atoms with Crippen molar-refractivity contribution >= 4 is 0 Å². The van der Waals surface area contributed by atoms with Gasteiger partial charge in [-0.3, -0.25) is 5.32 Å². The number of nitriles is 1. The van der Waals surface area contributed by atoms with Crippen molar-refractivity contribution in [3.05, 3.63) is 35.1 Å². The normalized spacial score (nSPS) is 18.6. The van der Waals surface area contributed by atoms with Gasteiger partial charge in [0.25, 0.3) is 0 Å². The smallest absolute Gasteiger partial charge is 0.123 e. The highest BCUT2D eigenvalue weighted by atomic mass is 19.1. The quantitative estimate of drug-likeness (QED) is 0.833. The second-order valence-electron chi connectivity index (χ2n) is 5.42. The molecule has 1 unspecified atom stereocenters. The SMILES string of the molecule is Cc1ccc(F)cc1C(C#N)NC1CCCCCC1. The maximum atomic E-state index is 13.4. The zero-order valence-corrected chi connectivity index (χ0v) is 11.5. The number of nitrogens with zero attached hydrogens (tertiary/aromatic N) is 1. The van der Waals surface area contributed by atoms with Crippen LogP contribution in [-0.4, -0.2) is 6.04 Å². The molecule has 19 heavy (non-hydrogen) atoms. The Hall–Kier alpha value is -1.40.